The van der Waals surface area contributed by atoms with Gasteiger partial charge in [-0.1, -0.05) is 0 Å². The molecule has 0 unspecified atom stereocenters. The molecular weight excluding hydrogens is 214 g/mol. The van der Waals surface area contributed by atoms with Crippen LogP contribution in [-0.4, -0.2) is 23.2 Å². The summed E-state index contributed by atoms with van der Waals surface area (Å²) in [7, 11) is 1.45. The zero-order chi connectivity index (χ0) is 11.0. The lowest BCUT2D eigenvalue weighted by Crippen LogP contribution is -2.00. The largest absolute Gasteiger partial charge is 0.494 e. The molecule has 0 fully saturated rings. The number of benzene rings is 1. The average molecular weight is 223 g/mol. The van der Waals surface area contributed by atoms with Gasteiger partial charge in [0.05, 0.1) is 16.8 Å². The van der Waals surface area contributed by atoms with Crippen LogP contribution in [0.2, 0.25) is 0 Å². The minimum atomic E-state index is -1.00. The van der Waals surface area contributed by atoms with Gasteiger partial charge in [-0.3, -0.25) is 0 Å². The van der Waals surface area contributed by atoms with E-state index in [1.54, 1.807) is 12.1 Å². The van der Waals surface area contributed by atoms with Crippen LogP contribution in [0.5, 0.6) is 5.75 Å². The summed E-state index contributed by atoms with van der Waals surface area (Å²) in [5.74, 6) is -0.663. The summed E-state index contributed by atoms with van der Waals surface area (Å²) in [5.41, 5.74) is 0.773. The lowest BCUT2D eigenvalue weighted by Gasteiger charge is -2.04. The van der Waals surface area contributed by atoms with Gasteiger partial charge < -0.3 is 9.84 Å². The summed E-state index contributed by atoms with van der Waals surface area (Å²) < 4.78 is 6.04. The van der Waals surface area contributed by atoms with Crippen LogP contribution in [0.15, 0.2) is 12.1 Å². The number of aromatic carboxylic acids is 1. The molecule has 15 heavy (non-hydrogen) atoms. The minimum Gasteiger partial charge on any atom is -0.494 e. The number of thiazole rings is 1. The number of nitrogens with zero attached hydrogens (tertiary/aromatic N) is 1. The van der Waals surface area contributed by atoms with Gasteiger partial charge in [0, 0.05) is 0 Å². The SMILES string of the molecule is COc1c(C(=O)O)ccc2sc(C)nc12. The highest BCUT2D eigenvalue weighted by atomic mass is 32.1. The average Bonchev–Trinajstić information content (AvgIpc) is 2.55. The van der Waals surface area contributed by atoms with E-state index in [2.05, 4.69) is 4.98 Å². The zero-order valence-corrected chi connectivity index (χ0v) is 9.09. The van der Waals surface area contributed by atoms with Crippen LogP contribution >= 0.6 is 11.3 Å². The van der Waals surface area contributed by atoms with Gasteiger partial charge in [0.1, 0.15) is 11.1 Å². The lowest BCUT2D eigenvalue weighted by molar-refractivity contribution is 0.0693. The van der Waals surface area contributed by atoms with Crippen molar-refractivity contribution in [3.05, 3.63) is 22.7 Å². The maximum Gasteiger partial charge on any atom is 0.339 e. The molecule has 0 aliphatic heterocycles. The number of fused-ring (bicyclic) bond motifs is 1. The highest BCUT2D eigenvalue weighted by Crippen LogP contribution is 2.32. The number of carboxylic acids is 1. The molecule has 0 atom stereocenters. The number of carbonyl (C=O) groups is 1. The fourth-order valence-corrected chi connectivity index (χ4v) is 2.28. The Bertz CT molecular complexity index is 533. The van der Waals surface area contributed by atoms with Gasteiger partial charge in [0.25, 0.3) is 0 Å². The maximum absolute atomic E-state index is 10.9. The van der Waals surface area contributed by atoms with Crippen molar-refractivity contribution in [3.8, 4) is 5.75 Å². The third-order valence-electron chi connectivity index (χ3n) is 2.06. The van der Waals surface area contributed by atoms with E-state index >= 15 is 0 Å². The molecule has 4 nitrogen and oxygen atoms in total. The Morgan fingerprint density at radius 2 is 2.27 bits per heavy atom. The third kappa shape index (κ3) is 1.55. The first-order chi connectivity index (χ1) is 7.13. The number of methoxy groups -OCH3 is 1. The molecule has 0 saturated heterocycles. The lowest BCUT2D eigenvalue weighted by atomic mass is 10.2. The maximum atomic E-state index is 10.9. The normalized spacial score (nSPS) is 10.5. The molecule has 5 heteroatoms. The molecule has 1 N–H and O–H groups in total. The number of carboxylic acid groups (broad SMARTS) is 1. The second kappa shape index (κ2) is 3.51. The van der Waals surface area contributed by atoms with Crippen LogP contribution in [0.4, 0.5) is 0 Å². The minimum absolute atomic E-state index is 0.148. The Hall–Kier alpha value is -1.62. The third-order valence-corrected chi connectivity index (χ3v) is 2.99. The number of ether oxygens (including phenoxy) is 1. The molecule has 1 heterocycles. The molecule has 0 bridgehead atoms. The second-order valence-electron chi connectivity index (χ2n) is 3.03. The van der Waals surface area contributed by atoms with Crippen LogP contribution in [0.3, 0.4) is 0 Å². The number of rotatable bonds is 2. The molecule has 2 aromatic rings. The van der Waals surface area contributed by atoms with Gasteiger partial charge in [-0.2, -0.15) is 0 Å². The molecule has 0 spiro atoms. The van der Waals surface area contributed by atoms with Gasteiger partial charge >= 0.3 is 5.97 Å². The Kier molecular flexibility index (Phi) is 2.32. The fraction of sp³-hybridized carbons (Fsp3) is 0.200. The topological polar surface area (TPSA) is 59.4 Å². The molecule has 0 aliphatic carbocycles. The predicted octanol–water partition coefficient (Wildman–Crippen LogP) is 2.31. The molecule has 0 amide bonds. The number of aryl methyl sites for hydroxylation is 1. The van der Waals surface area contributed by atoms with Gasteiger partial charge in [-0.25, -0.2) is 9.78 Å². The van der Waals surface area contributed by atoms with Crippen LogP contribution < -0.4 is 4.74 Å². The van der Waals surface area contributed by atoms with Crippen LogP contribution in [0.1, 0.15) is 15.4 Å². The predicted molar refractivity (Wildman–Crippen MR) is 57.9 cm³/mol. The fourth-order valence-electron chi connectivity index (χ4n) is 1.46. The van der Waals surface area contributed by atoms with Crippen molar-refractivity contribution in [3.63, 3.8) is 0 Å². The number of hydrogen-bond acceptors (Lipinski definition) is 4. The van der Waals surface area contributed by atoms with Crippen LogP contribution in [-0.2, 0) is 0 Å². The van der Waals surface area contributed by atoms with E-state index < -0.39 is 5.97 Å². The smallest absolute Gasteiger partial charge is 0.339 e. The van der Waals surface area contributed by atoms with Gasteiger partial charge in [0.15, 0.2) is 5.75 Å². The number of hydrogen-bond donors (Lipinski definition) is 1. The zero-order valence-electron chi connectivity index (χ0n) is 8.27. The molecule has 2 rings (SSSR count). The highest BCUT2D eigenvalue weighted by Gasteiger charge is 2.16. The second-order valence-corrected chi connectivity index (χ2v) is 4.27. The Balaban J connectivity index is 2.80. The molecule has 0 saturated carbocycles. The van der Waals surface area contributed by atoms with Crippen LogP contribution in [0, 0.1) is 6.92 Å². The van der Waals surface area contributed by atoms with E-state index in [4.69, 9.17) is 9.84 Å². The highest BCUT2D eigenvalue weighted by molar-refractivity contribution is 7.18. The molecule has 1 aromatic heterocycles. The summed E-state index contributed by atoms with van der Waals surface area (Å²) >= 11 is 1.52. The summed E-state index contributed by atoms with van der Waals surface area (Å²) in [4.78, 5) is 15.2. The molecular formula is C10H9NO3S. The van der Waals surface area contributed by atoms with E-state index in [0.717, 1.165) is 9.71 Å². The van der Waals surface area contributed by atoms with Gasteiger partial charge in [0.2, 0.25) is 0 Å². The van der Waals surface area contributed by atoms with Crippen molar-refractivity contribution in [2.45, 2.75) is 6.92 Å². The first-order valence-corrected chi connectivity index (χ1v) is 5.12. The molecule has 78 valence electrons. The number of aromatic nitrogens is 1. The Morgan fingerprint density at radius 3 is 2.87 bits per heavy atom. The summed E-state index contributed by atoms with van der Waals surface area (Å²) in [6.45, 7) is 1.88. The van der Waals surface area contributed by atoms with Crippen molar-refractivity contribution in [2.24, 2.45) is 0 Å². The monoisotopic (exact) mass is 223 g/mol. The standard InChI is InChI=1S/C10H9NO3S/c1-5-11-8-7(15-5)4-3-6(10(12)13)9(8)14-2/h3-4H,1-2H3,(H,12,13). The summed E-state index contributed by atoms with van der Waals surface area (Å²) in [6, 6.07) is 3.30. The first-order valence-electron chi connectivity index (χ1n) is 4.31. The van der Waals surface area contributed by atoms with E-state index in [0.29, 0.717) is 11.3 Å². The van der Waals surface area contributed by atoms with E-state index in [1.165, 1.54) is 18.4 Å². The van der Waals surface area contributed by atoms with E-state index in [-0.39, 0.29) is 5.56 Å². The van der Waals surface area contributed by atoms with Crippen molar-refractivity contribution in [1.29, 1.82) is 0 Å². The quantitative estimate of drug-likeness (QED) is 0.848. The van der Waals surface area contributed by atoms with Gasteiger partial charge in [-0.05, 0) is 19.1 Å². The molecule has 0 aliphatic rings. The van der Waals surface area contributed by atoms with Crippen LogP contribution in [0.25, 0.3) is 10.2 Å². The van der Waals surface area contributed by atoms with E-state index in [9.17, 15) is 4.79 Å². The first kappa shape index (κ1) is 9.92. The van der Waals surface area contributed by atoms with Gasteiger partial charge in [-0.15, -0.1) is 11.3 Å². The Labute approximate surface area is 90.1 Å². The van der Waals surface area contributed by atoms with Crippen molar-refractivity contribution in [1.82, 2.24) is 4.98 Å². The molecule has 1 aromatic carbocycles. The van der Waals surface area contributed by atoms with Crippen molar-refractivity contribution in [2.75, 3.05) is 7.11 Å². The van der Waals surface area contributed by atoms with E-state index in [1.807, 2.05) is 6.92 Å². The van der Waals surface area contributed by atoms with Crippen molar-refractivity contribution < 1.29 is 14.6 Å². The molecule has 0 radical (unpaired) electrons. The van der Waals surface area contributed by atoms with Crippen molar-refractivity contribution >= 4 is 27.5 Å². The summed E-state index contributed by atoms with van der Waals surface area (Å²) in [5, 5.41) is 9.85. The Morgan fingerprint density at radius 1 is 1.53 bits per heavy atom. The summed E-state index contributed by atoms with van der Waals surface area (Å²) in [6.07, 6.45) is 0.